The van der Waals surface area contributed by atoms with Crippen LogP contribution in [-0.2, 0) is 6.54 Å². The van der Waals surface area contributed by atoms with Crippen LogP contribution >= 0.6 is 11.6 Å². The number of fused-ring (bicyclic) bond motifs is 1. The highest BCUT2D eigenvalue weighted by Crippen LogP contribution is 2.38. The van der Waals surface area contributed by atoms with Crippen molar-refractivity contribution in [1.82, 2.24) is 5.32 Å². The van der Waals surface area contributed by atoms with E-state index >= 15 is 0 Å². The fraction of sp³-hybridized carbons (Fsp3) is 0.562. The molecule has 2 atom stereocenters. The number of hydrogen-bond donors (Lipinski definition) is 1. The number of benzene rings is 1. The number of nitrogens with zero attached hydrogens (tertiary/aromatic N) is 1. The summed E-state index contributed by atoms with van der Waals surface area (Å²) in [6.07, 6.45) is 4.05. The highest BCUT2D eigenvalue weighted by Gasteiger charge is 2.26. The van der Waals surface area contributed by atoms with E-state index in [0.717, 1.165) is 37.0 Å². The second-order valence-corrected chi connectivity index (χ2v) is 6.02. The maximum Gasteiger partial charge on any atom is 0.179 e. The van der Waals surface area contributed by atoms with Crippen molar-refractivity contribution in [2.45, 2.75) is 38.3 Å². The predicted octanol–water partition coefficient (Wildman–Crippen LogP) is 3.28. The molecule has 1 aliphatic heterocycles. The van der Waals surface area contributed by atoms with Crippen molar-refractivity contribution in [2.75, 3.05) is 13.2 Å². The summed E-state index contributed by atoms with van der Waals surface area (Å²) in [5, 5.41) is 13.2. The molecule has 0 saturated heterocycles. The fourth-order valence-corrected chi connectivity index (χ4v) is 3.28. The Kier molecular flexibility index (Phi) is 4.52. The molecule has 1 aliphatic carbocycles. The van der Waals surface area contributed by atoms with E-state index in [2.05, 4.69) is 11.4 Å². The second-order valence-electron chi connectivity index (χ2n) is 5.61. The summed E-state index contributed by atoms with van der Waals surface area (Å²) in [6, 6.07) is 6.57. The van der Waals surface area contributed by atoms with Crippen LogP contribution in [0.25, 0.3) is 0 Å². The molecular weight excluding hydrogens is 288 g/mol. The predicted molar refractivity (Wildman–Crippen MR) is 80.6 cm³/mol. The van der Waals surface area contributed by atoms with Gasteiger partial charge in [0.2, 0.25) is 0 Å². The molecule has 4 nitrogen and oxygen atoms in total. The van der Waals surface area contributed by atoms with E-state index in [1.807, 2.05) is 12.1 Å². The van der Waals surface area contributed by atoms with Gasteiger partial charge in [0.25, 0.3) is 0 Å². The monoisotopic (exact) mass is 306 g/mol. The van der Waals surface area contributed by atoms with Crippen molar-refractivity contribution in [3.8, 4) is 17.6 Å². The van der Waals surface area contributed by atoms with E-state index in [-0.39, 0.29) is 12.0 Å². The minimum Gasteiger partial charge on any atom is -0.489 e. The quantitative estimate of drug-likeness (QED) is 0.931. The lowest BCUT2D eigenvalue weighted by Gasteiger charge is -2.17. The van der Waals surface area contributed by atoms with Gasteiger partial charge in [-0.25, -0.2) is 0 Å². The maximum absolute atomic E-state index is 9.12. The molecule has 1 aromatic carbocycles. The van der Waals surface area contributed by atoms with Gasteiger partial charge in [-0.1, -0.05) is 18.0 Å². The maximum atomic E-state index is 9.12. The summed E-state index contributed by atoms with van der Waals surface area (Å²) in [4.78, 5) is 0. The molecule has 2 unspecified atom stereocenters. The number of nitrogens with one attached hydrogen (secondary N) is 1. The summed E-state index contributed by atoms with van der Waals surface area (Å²) >= 11 is 6.29. The van der Waals surface area contributed by atoms with Gasteiger partial charge in [0.05, 0.1) is 30.2 Å². The normalized spacial score (nSPS) is 24.4. The van der Waals surface area contributed by atoms with Gasteiger partial charge in [0.15, 0.2) is 11.5 Å². The standard InChI is InChI=1S/C16H19ClN2O2/c17-13-7-11(8-15-16(13)21-6-2-5-20-15)10-19-14-4-1-3-12(14)9-18/h7-8,12,14,19H,1-6,10H2. The molecule has 0 aromatic heterocycles. The highest BCUT2D eigenvalue weighted by molar-refractivity contribution is 6.32. The average molecular weight is 307 g/mol. The van der Waals surface area contributed by atoms with Crippen LogP contribution < -0.4 is 14.8 Å². The third-order valence-electron chi connectivity index (χ3n) is 4.11. The third kappa shape index (κ3) is 3.25. The van der Waals surface area contributed by atoms with E-state index in [4.69, 9.17) is 26.3 Å². The molecular formula is C16H19ClN2O2. The van der Waals surface area contributed by atoms with Gasteiger partial charge < -0.3 is 14.8 Å². The number of ether oxygens (including phenoxy) is 2. The zero-order chi connectivity index (χ0) is 14.7. The Balaban J connectivity index is 1.70. The Morgan fingerprint density at radius 3 is 2.95 bits per heavy atom. The second kappa shape index (κ2) is 6.55. The van der Waals surface area contributed by atoms with Crippen molar-refractivity contribution < 1.29 is 9.47 Å². The molecule has 5 heteroatoms. The molecule has 1 aromatic rings. The van der Waals surface area contributed by atoms with Crippen molar-refractivity contribution in [3.63, 3.8) is 0 Å². The molecule has 0 spiro atoms. The van der Waals surface area contributed by atoms with Crippen LogP contribution in [0.2, 0.25) is 5.02 Å². The topological polar surface area (TPSA) is 54.3 Å². The van der Waals surface area contributed by atoms with E-state index < -0.39 is 0 Å². The first-order valence-electron chi connectivity index (χ1n) is 7.49. The largest absolute Gasteiger partial charge is 0.489 e. The average Bonchev–Trinajstić information content (AvgIpc) is 2.81. The first kappa shape index (κ1) is 14.5. The number of nitriles is 1. The van der Waals surface area contributed by atoms with Crippen LogP contribution in [0.3, 0.4) is 0 Å². The molecule has 21 heavy (non-hydrogen) atoms. The fourth-order valence-electron chi connectivity index (χ4n) is 2.99. The minimum atomic E-state index is 0.126. The Morgan fingerprint density at radius 2 is 2.10 bits per heavy atom. The van der Waals surface area contributed by atoms with Gasteiger partial charge in [0.1, 0.15) is 0 Å². The summed E-state index contributed by atoms with van der Waals surface area (Å²) < 4.78 is 11.3. The van der Waals surface area contributed by atoms with Gasteiger partial charge in [-0.3, -0.25) is 0 Å². The van der Waals surface area contributed by atoms with Gasteiger partial charge >= 0.3 is 0 Å². The van der Waals surface area contributed by atoms with E-state index in [1.165, 1.54) is 0 Å². The third-order valence-corrected chi connectivity index (χ3v) is 4.39. The van der Waals surface area contributed by atoms with Crippen molar-refractivity contribution >= 4 is 11.6 Å². The van der Waals surface area contributed by atoms with Crippen molar-refractivity contribution in [1.29, 1.82) is 5.26 Å². The lowest BCUT2D eigenvalue weighted by molar-refractivity contribution is 0.297. The number of hydrogen-bond acceptors (Lipinski definition) is 4. The molecule has 0 bridgehead atoms. The van der Waals surface area contributed by atoms with Gasteiger partial charge in [-0.05, 0) is 30.5 Å². The van der Waals surface area contributed by atoms with Crippen LogP contribution in [0.5, 0.6) is 11.5 Å². The lowest BCUT2D eigenvalue weighted by atomic mass is 10.1. The van der Waals surface area contributed by atoms with Crippen LogP contribution in [0.15, 0.2) is 12.1 Å². The Hall–Kier alpha value is -1.44. The van der Waals surface area contributed by atoms with E-state index in [0.29, 0.717) is 30.5 Å². The number of rotatable bonds is 3. The van der Waals surface area contributed by atoms with Crippen LogP contribution in [0.1, 0.15) is 31.2 Å². The number of halogens is 1. The van der Waals surface area contributed by atoms with Gasteiger partial charge in [-0.15, -0.1) is 0 Å². The molecule has 0 amide bonds. The summed E-state index contributed by atoms with van der Waals surface area (Å²) in [5.74, 6) is 1.50. The van der Waals surface area contributed by atoms with E-state index in [1.54, 1.807) is 0 Å². The molecule has 1 N–H and O–H groups in total. The van der Waals surface area contributed by atoms with Crippen LogP contribution in [0, 0.1) is 17.2 Å². The zero-order valence-electron chi connectivity index (χ0n) is 11.9. The molecule has 1 saturated carbocycles. The molecule has 112 valence electrons. The first-order chi connectivity index (χ1) is 10.3. The van der Waals surface area contributed by atoms with Crippen LogP contribution in [0.4, 0.5) is 0 Å². The molecule has 3 rings (SSSR count). The Bertz CT molecular complexity index is 556. The first-order valence-corrected chi connectivity index (χ1v) is 7.87. The minimum absolute atomic E-state index is 0.126. The zero-order valence-corrected chi connectivity index (χ0v) is 12.7. The summed E-state index contributed by atoms with van der Waals surface area (Å²) in [6.45, 7) is 1.98. The van der Waals surface area contributed by atoms with Gasteiger partial charge in [-0.2, -0.15) is 5.26 Å². The highest BCUT2D eigenvalue weighted by atomic mass is 35.5. The molecule has 1 fully saturated rings. The van der Waals surface area contributed by atoms with Gasteiger partial charge in [0, 0.05) is 19.0 Å². The smallest absolute Gasteiger partial charge is 0.179 e. The summed E-state index contributed by atoms with van der Waals surface area (Å²) in [7, 11) is 0. The SMILES string of the molecule is N#CC1CCCC1NCc1cc(Cl)c2c(c1)OCCCO2. The van der Waals surface area contributed by atoms with Crippen molar-refractivity contribution in [2.24, 2.45) is 5.92 Å². The molecule has 0 radical (unpaired) electrons. The Labute approximate surface area is 130 Å². The molecule has 2 aliphatic rings. The van der Waals surface area contributed by atoms with Crippen LogP contribution in [-0.4, -0.2) is 19.3 Å². The summed E-state index contributed by atoms with van der Waals surface area (Å²) in [5.41, 5.74) is 1.06. The van der Waals surface area contributed by atoms with Crippen molar-refractivity contribution in [3.05, 3.63) is 22.7 Å². The molecule has 1 heterocycles. The Morgan fingerprint density at radius 1 is 1.24 bits per heavy atom. The van der Waals surface area contributed by atoms with E-state index in [9.17, 15) is 0 Å². The lowest BCUT2D eigenvalue weighted by Crippen LogP contribution is -2.31.